The predicted molar refractivity (Wildman–Crippen MR) is 181 cm³/mol. The van der Waals surface area contributed by atoms with Crippen molar-refractivity contribution in [1.29, 1.82) is 0 Å². The molecule has 6 rings (SSSR count). The first-order valence-corrected chi connectivity index (χ1v) is 17.2. The van der Waals surface area contributed by atoms with E-state index in [0.717, 1.165) is 43.2 Å². The van der Waals surface area contributed by atoms with E-state index in [-0.39, 0.29) is 36.3 Å². The molecule has 2 bridgehead atoms. The van der Waals surface area contributed by atoms with Gasteiger partial charge in [0.2, 0.25) is 17.7 Å². The SMILES string of the molecule is C=CCN(Cc1ccccc1)C(=O)[C@H]1[C@H]2C(=O)N([C@H](CO)c3ccccc3)C(C(=O)N(CC=C)C3CCCCC3)C23CC(C)[C@]1(C)O3. The molecule has 1 saturated carbocycles. The van der Waals surface area contributed by atoms with Gasteiger partial charge in [0.05, 0.1) is 30.1 Å². The standard InChI is InChI=1S/C39H49N3O5/c1-5-22-40(25-28-16-10-7-11-17-28)35(44)32-33-36(45)42(31(26-43)29-18-12-8-13-19-29)34(39(33)24-27(3)38(32,4)47-39)37(46)41(23-6-2)30-20-14-9-15-21-30/h5-8,10-13,16-19,27,30-34,43H,1-2,9,14-15,20-26H2,3-4H3/t27?,31-,32-,33+,34?,38+,39?/m1/s1. The molecule has 2 aromatic rings. The van der Waals surface area contributed by atoms with Gasteiger partial charge in [-0.05, 0) is 43.2 Å². The summed E-state index contributed by atoms with van der Waals surface area (Å²) in [4.78, 5) is 50.3. The number of nitrogens with zero attached hydrogens (tertiary/aromatic N) is 3. The third-order valence-electron chi connectivity index (χ3n) is 11.4. The average molecular weight is 640 g/mol. The molecule has 3 unspecified atom stereocenters. The van der Waals surface area contributed by atoms with E-state index in [1.54, 1.807) is 22.0 Å². The zero-order chi connectivity index (χ0) is 33.3. The molecule has 1 N–H and O–H groups in total. The third kappa shape index (κ3) is 5.53. The van der Waals surface area contributed by atoms with Crippen LogP contribution in [0.25, 0.3) is 0 Å². The van der Waals surface area contributed by atoms with Crippen LogP contribution < -0.4 is 0 Å². The van der Waals surface area contributed by atoms with Crippen molar-refractivity contribution in [2.75, 3.05) is 19.7 Å². The van der Waals surface area contributed by atoms with E-state index >= 15 is 9.59 Å². The lowest BCUT2D eigenvalue weighted by molar-refractivity contribution is -0.159. The first kappa shape index (κ1) is 33.2. The summed E-state index contributed by atoms with van der Waals surface area (Å²) < 4.78 is 7.09. The summed E-state index contributed by atoms with van der Waals surface area (Å²) in [6, 6.07) is 17.4. The van der Waals surface area contributed by atoms with Gasteiger partial charge in [0.25, 0.3) is 0 Å². The van der Waals surface area contributed by atoms with Crippen LogP contribution in [-0.2, 0) is 25.7 Å². The summed E-state index contributed by atoms with van der Waals surface area (Å²) in [5.74, 6) is -2.43. The minimum absolute atomic E-state index is 0.0314. The fourth-order valence-corrected chi connectivity index (χ4v) is 9.19. The highest BCUT2D eigenvalue weighted by Crippen LogP contribution is 2.66. The molecule has 4 aliphatic rings. The van der Waals surface area contributed by atoms with Crippen molar-refractivity contribution in [2.24, 2.45) is 17.8 Å². The van der Waals surface area contributed by atoms with Gasteiger partial charge >= 0.3 is 0 Å². The van der Waals surface area contributed by atoms with Crippen LogP contribution in [0.4, 0.5) is 0 Å². The molecule has 3 aliphatic heterocycles. The highest BCUT2D eigenvalue weighted by Gasteiger charge is 2.80. The summed E-state index contributed by atoms with van der Waals surface area (Å²) in [5, 5.41) is 10.9. The molecule has 4 fully saturated rings. The Morgan fingerprint density at radius 3 is 2.26 bits per heavy atom. The summed E-state index contributed by atoms with van der Waals surface area (Å²) in [5.41, 5.74) is -0.456. The Bertz CT molecular complexity index is 1480. The van der Waals surface area contributed by atoms with Gasteiger partial charge in [0, 0.05) is 25.7 Å². The maximum absolute atomic E-state index is 15.1. The van der Waals surface area contributed by atoms with E-state index in [1.165, 1.54) is 0 Å². The van der Waals surface area contributed by atoms with Gasteiger partial charge < -0.3 is 24.5 Å². The molecular formula is C39H49N3O5. The summed E-state index contributed by atoms with van der Waals surface area (Å²) in [6.45, 7) is 12.6. The third-order valence-corrected chi connectivity index (χ3v) is 11.4. The normalized spacial score (nSPS) is 30.5. The quantitative estimate of drug-likeness (QED) is 0.319. The largest absolute Gasteiger partial charge is 0.394 e. The van der Waals surface area contributed by atoms with Crippen LogP contribution in [0.2, 0.25) is 0 Å². The van der Waals surface area contributed by atoms with E-state index in [9.17, 15) is 9.90 Å². The van der Waals surface area contributed by atoms with Crippen molar-refractivity contribution in [3.8, 4) is 0 Å². The van der Waals surface area contributed by atoms with E-state index in [1.807, 2.05) is 72.5 Å². The summed E-state index contributed by atoms with van der Waals surface area (Å²) >= 11 is 0. The zero-order valence-corrected chi connectivity index (χ0v) is 27.8. The number of likely N-dealkylation sites (tertiary alicyclic amines) is 1. The highest BCUT2D eigenvalue weighted by molar-refractivity contribution is 5.99. The Balaban J connectivity index is 1.47. The number of benzene rings is 2. The van der Waals surface area contributed by atoms with Crippen LogP contribution in [0.1, 0.15) is 69.5 Å². The smallest absolute Gasteiger partial charge is 0.248 e. The first-order valence-electron chi connectivity index (χ1n) is 17.2. The number of hydrogen-bond donors (Lipinski definition) is 1. The van der Waals surface area contributed by atoms with Gasteiger partial charge in [0.15, 0.2) is 0 Å². The van der Waals surface area contributed by atoms with Crippen molar-refractivity contribution in [3.05, 3.63) is 97.1 Å². The first-order chi connectivity index (χ1) is 22.7. The topological polar surface area (TPSA) is 90.4 Å². The molecule has 8 heteroatoms. The number of rotatable bonds is 12. The maximum Gasteiger partial charge on any atom is 0.248 e. The van der Waals surface area contributed by atoms with E-state index in [0.29, 0.717) is 26.1 Å². The minimum Gasteiger partial charge on any atom is -0.394 e. The summed E-state index contributed by atoms with van der Waals surface area (Å²) in [6.07, 6.45) is 8.94. The fourth-order valence-electron chi connectivity index (χ4n) is 9.19. The number of aliphatic hydroxyl groups excluding tert-OH is 1. The number of hydrogen-bond acceptors (Lipinski definition) is 5. The van der Waals surface area contributed by atoms with Crippen LogP contribution in [-0.4, -0.2) is 80.5 Å². The van der Waals surface area contributed by atoms with Gasteiger partial charge in [-0.25, -0.2) is 0 Å². The van der Waals surface area contributed by atoms with E-state index < -0.39 is 35.1 Å². The van der Waals surface area contributed by atoms with Crippen molar-refractivity contribution in [1.82, 2.24) is 14.7 Å². The number of carbonyl (C=O) groups is 3. The average Bonchev–Trinajstić information content (AvgIpc) is 3.61. The number of carbonyl (C=O) groups excluding carboxylic acids is 3. The molecule has 7 atom stereocenters. The van der Waals surface area contributed by atoms with Crippen LogP contribution >= 0.6 is 0 Å². The molecule has 1 aliphatic carbocycles. The van der Waals surface area contributed by atoms with Crippen molar-refractivity contribution in [2.45, 2.75) is 88.2 Å². The molecule has 1 spiro atoms. The van der Waals surface area contributed by atoms with Crippen LogP contribution in [0, 0.1) is 17.8 Å². The lowest BCUT2D eigenvalue weighted by Crippen LogP contribution is -2.59. The molecule has 2 aromatic carbocycles. The second-order valence-corrected chi connectivity index (χ2v) is 14.1. The maximum atomic E-state index is 15.1. The molecule has 3 saturated heterocycles. The van der Waals surface area contributed by atoms with Gasteiger partial charge in [-0.1, -0.05) is 99.0 Å². The molecule has 8 nitrogen and oxygen atoms in total. The Labute approximate surface area is 279 Å². The monoisotopic (exact) mass is 639 g/mol. The van der Waals surface area contributed by atoms with Crippen molar-refractivity contribution >= 4 is 17.7 Å². The lowest BCUT2D eigenvalue weighted by atomic mass is 9.62. The summed E-state index contributed by atoms with van der Waals surface area (Å²) in [7, 11) is 0. The van der Waals surface area contributed by atoms with E-state index in [4.69, 9.17) is 4.74 Å². The molecule has 3 heterocycles. The van der Waals surface area contributed by atoms with Crippen LogP contribution in [0.15, 0.2) is 86.0 Å². The van der Waals surface area contributed by atoms with E-state index in [2.05, 4.69) is 20.1 Å². The fraction of sp³-hybridized carbons (Fsp3) is 0.513. The minimum atomic E-state index is -1.22. The highest BCUT2D eigenvalue weighted by atomic mass is 16.5. The molecule has 47 heavy (non-hydrogen) atoms. The zero-order valence-electron chi connectivity index (χ0n) is 27.8. The van der Waals surface area contributed by atoms with Crippen LogP contribution in [0.5, 0.6) is 0 Å². The van der Waals surface area contributed by atoms with Gasteiger partial charge in [-0.15, -0.1) is 13.2 Å². The van der Waals surface area contributed by atoms with Crippen molar-refractivity contribution in [3.63, 3.8) is 0 Å². The molecule has 3 amide bonds. The lowest BCUT2D eigenvalue weighted by Gasteiger charge is -2.42. The van der Waals surface area contributed by atoms with Crippen LogP contribution in [0.3, 0.4) is 0 Å². The Morgan fingerprint density at radius 1 is 1.00 bits per heavy atom. The van der Waals surface area contributed by atoms with Gasteiger partial charge in [-0.2, -0.15) is 0 Å². The Hall–Kier alpha value is -3.75. The molecule has 0 aromatic heterocycles. The number of ether oxygens (including phenoxy) is 1. The number of amides is 3. The number of aliphatic hydroxyl groups is 1. The van der Waals surface area contributed by atoms with Gasteiger partial charge in [0.1, 0.15) is 11.6 Å². The second kappa shape index (κ2) is 13.4. The second-order valence-electron chi connectivity index (χ2n) is 14.1. The van der Waals surface area contributed by atoms with Crippen molar-refractivity contribution < 1.29 is 24.2 Å². The Morgan fingerprint density at radius 2 is 1.64 bits per heavy atom. The molecule has 250 valence electrons. The predicted octanol–water partition coefficient (Wildman–Crippen LogP) is 5.29. The molecule has 0 radical (unpaired) electrons. The molecular weight excluding hydrogens is 590 g/mol. The Kier molecular flexibility index (Phi) is 9.45. The number of fused-ring (bicyclic) bond motifs is 1. The van der Waals surface area contributed by atoms with Gasteiger partial charge in [-0.3, -0.25) is 14.4 Å².